The fourth-order valence-corrected chi connectivity index (χ4v) is 0.782. The third kappa shape index (κ3) is 1.25. The highest BCUT2D eigenvalue weighted by Gasteiger charge is 2.04. The van der Waals surface area contributed by atoms with Crippen molar-refractivity contribution in [3.8, 4) is 0 Å². The summed E-state index contributed by atoms with van der Waals surface area (Å²) in [4.78, 5) is 14.2. The minimum Gasteiger partial charge on any atom is -0.364 e. The van der Waals surface area contributed by atoms with Crippen molar-refractivity contribution in [3.05, 3.63) is 29.0 Å². The van der Waals surface area contributed by atoms with E-state index in [0.717, 1.165) is 0 Å². The van der Waals surface area contributed by atoms with E-state index in [2.05, 4.69) is 4.98 Å². The largest absolute Gasteiger partial charge is 0.364 e. The molecule has 1 aromatic rings. The first-order valence-corrected chi connectivity index (χ1v) is 3.00. The van der Waals surface area contributed by atoms with Crippen LogP contribution < -0.4 is 5.73 Å². The Morgan fingerprint density at radius 1 is 1.70 bits per heavy atom. The topological polar surface area (TPSA) is 56.0 Å². The maximum Gasteiger partial charge on any atom is 0.268 e. The molecule has 4 heteroatoms. The Balaban J connectivity index is 3.15. The third-order valence-corrected chi connectivity index (χ3v) is 1.30. The van der Waals surface area contributed by atoms with Gasteiger partial charge < -0.3 is 5.73 Å². The predicted molar refractivity (Wildman–Crippen MR) is 37.8 cm³/mol. The lowest BCUT2D eigenvalue weighted by Crippen LogP contribution is -2.13. The van der Waals surface area contributed by atoms with E-state index < -0.39 is 5.91 Å². The van der Waals surface area contributed by atoms with Crippen LogP contribution in [0.4, 0.5) is 0 Å². The second-order valence-corrected chi connectivity index (χ2v) is 2.11. The summed E-state index contributed by atoms with van der Waals surface area (Å²) in [5.74, 6) is -0.606. The molecule has 0 aliphatic heterocycles. The van der Waals surface area contributed by atoms with Crippen molar-refractivity contribution < 1.29 is 4.79 Å². The minimum atomic E-state index is -0.606. The number of carbonyl (C=O) groups is 1. The Labute approximate surface area is 62.8 Å². The molecule has 3 nitrogen and oxygen atoms in total. The van der Waals surface area contributed by atoms with Crippen LogP contribution in [-0.4, -0.2) is 10.9 Å². The summed E-state index contributed by atoms with van der Waals surface area (Å²) in [5, 5.41) is 0.287. The van der Waals surface area contributed by atoms with E-state index in [1.807, 2.05) is 0 Å². The molecular weight excluding hydrogens is 152 g/mol. The molecule has 0 bridgehead atoms. The molecule has 52 valence electrons. The summed E-state index contributed by atoms with van der Waals surface area (Å²) < 4.78 is 0. The Kier molecular flexibility index (Phi) is 1.87. The van der Waals surface area contributed by atoms with Gasteiger partial charge in [-0.2, -0.15) is 0 Å². The number of carbonyl (C=O) groups excluding carboxylic acids is 1. The van der Waals surface area contributed by atoms with Gasteiger partial charge in [-0.05, 0) is 12.1 Å². The molecule has 0 unspecified atom stereocenters. The monoisotopic (exact) mass is 156 g/mol. The van der Waals surface area contributed by atoms with Crippen LogP contribution in [0.5, 0.6) is 0 Å². The summed E-state index contributed by atoms with van der Waals surface area (Å²) in [6.45, 7) is 0. The van der Waals surface area contributed by atoms with E-state index in [9.17, 15) is 4.79 Å². The van der Waals surface area contributed by atoms with Gasteiger partial charge in [0.25, 0.3) is 5.91 Å². The van der Waals surface area contributed by atoms with Gasteiger partial charge in [0.15, 0.2) is 0 Å². The molecule has 0 spiro atoms. The van der Waals surface area contributed by atoms with Gasteiger partial charge in [-0.3, -0.25) is 4.79 Å². The van der Waals surface area contributed by atoms with Crippen LogP contribution in [0.25, 0.3) is 0 Å². The summed E-state index contributed by atoms with van der Waals surface area (Å²) in [5.41, 5.74) is 5.04. The van der Waals surface area contributed by atoms with Crippen LogP contribution in [0.3, 0.4) is 0 Å². The highest BCUT2D eigenvalue weighted by molar-refractivity contribution is 6.33. The van der Waals surface area contributed by atoms with E-state index in [1.54, 1.807) is 12.1 Å². The number of nitrogens with two attached hydrogens (primary N) is 1. The SMILES string of the molecule is NC(=O)c1ncccc1Cl. The third-order valence-electron chi connectivity index (χ3n) is 0.992. The number of halogens is 1. The molecular formula is C6H5ClN2O. The number of hydrogen-bond donors (Lipinski definition) is 1. The standard InChI is InChI=1S/C6H5ClN2O/c7-4-2-1-3-9-5(4)6(8)10/h1-3H,(H2,8,10). The molecule has 0 fully saturated rings. The lowest BCUT2D eigenvalue weighted by molar-refractivity contribution is 0.0996. The molecule has 1 heterocycles. The molecule has 1 rings (SSSR count). The zero-order chi connectivity index (χ0) is 7.56. The lowest BCUT2D eigenvalue weighted by atomic mass is 10.3. The van der Waals surface area contributed by atoms with Crippen LogP contribution in [0.1, 0.15) is 10.5 Å². The first kappa shape index (κ1) is 7.02. The van der Waals surface area contributed by atoms with Crippen LogP contribution >= 0.6 is 11.6 Å². The van der Waals surface area contributed by atoms with E-state index in [4.69, 9.17) is 17.3 Å². The van der Waals surface area contributed by atoms with Crippen LogP contribution in [0.15, 0.2) is 18.3 Å². The Bertz CT molecular complexity index is 262. The number of amides is 1. The minimum absolute atomic E-state index is 0.115. The molecule has 10 heavy (non-hydrogen) atoms. The normalized spacial score (nSPS) is 9.30. The summed E-state index contributed by atoms with van der Waals surface area (Å²) in [6, 6.07) is 3.20. The highest BCUT2D eigenvalue weighted by atomic mass is 35.5. The second kappa shape index (κ2) is 2.66. The van der Waals surface area contributed by atoms with Gasteiger partial charge in [0.05, 0.1) is 5.02 Å². The van der Waals surface area contributed by atoms with Gasteiger partial charge in [-0.1, -0.05) is 11.6 Å². The number of aromatic nitrogens is 1. The molecule has 0 saturated heterocycles. The summed E-state index contributed by atoms with van der Waals surface area (Å²) in [6.07, 6.45) is 1.46. The van der Waals surface area contributed by atoms with Crippen molar-refractivity contribution in [1.82, 2.24) is 4.98 Å². The van der Waals surface area contributed by atoms with Gasteiger partial charge in [0.2, 0.25) is 0 Å². The zero-order valence-electron chi connectivity index (χ0n) is 5.04. The van der Waals surface area contributed by atoms with Crippen molar-refractivity contribution in [1.29, 1.82) is 0 Å². The molecule has 2 N–H and O–H groups in total. The van der Waals surface area contributed by atoms with Crippen LogP contribution in [0.2, 0.25) is 5.02 Å². The van der Waals surface area contributed by atoms with Gasteiger partial charge in [-0.15, -0.1) is 0 Å². The first-order valence-electron chi connectivity index (χ1n) is 2.62. The van der Waals surface area contributed by atoms with E-state index >= 15 is 0 Å². The molecule has 0 aliphatic carbocycles. The maximum atomic E-state index is 10.5. The maximum absolute atomic E-state index is 10.5. The number of nitrogens with zero attached hydrogens (tertiary/aromatic N) is 1. The Morgan fingerprint density at radius 2 is 2.40 bits per heavy atom. The van der Waals surface area contributed by atoms with E-state index in [-0.39, 0.29) is 10.7 Å². The van der Waals surface area contributed by atoms with Crippen molar-refractivity contribution >= 4 is 17.5 Å². The van der Waals surface area contributed by atoms with Gasteiger partial charge >= 0.3 is 0 Å². The van der Waals surface area contributed by atoms with Crippen molar-refractivity contribution in [2.75, 3.05) is 0 Å². The Morgan fingerprint density at radius 3 is 2.80 bits per heavy atom. The van der Waals surface area contributed by atoms with Gasteiger partial charge in [0, 0.05) is 6.20 Å². The molecule has 0 aromatic carbocycles. The average molecular weight is 157 g/mol. The van der Waals surface area contributed by atoms with Crippen molar-refractivity contribution in [3.63, 3.8) is 0 Å². The van der Waals surface area contributed by atoms with Gasteiger partial charge in [0.1, 0.15) is 5.69 Å². The first-order chi connectivity index (χ1) is 4.72. The predicted octanol–water partition coefficient (Wildman–Crippen LogP) is 0.834. The molecule has 0 atom stereocenters. The van der Waals surface area contributed by atoms with Crippen LogP contribution in [-0.2, 0) is 0 Å². The average Bonchev–Trinajstić information content (AvgIpc) is 1.88. The molecule has 1 amide bonds. The summed E-state index contributed by atoms with van der Waals surface area (Å²) in [7, 11) is 0. The van der Waals surface area contributed by atoms with E-state index in [0.29, 0.717) is 0 Å². The van der Waals surface area contributed by atoms with Crippen molar-refractivity contribution in [2.24, 2.45) is 5.73 Å². The molecule has 0 radical (unpaired) electrons. The molecule has 0 saturated carbocycles. The summed E-state index contributed by atoms with van der Waals surface area (Å²) >= 11 is 5.56. The number of primary amides is 1. The lowest BCUT2D eigenvalue weighted by Gasteiger charge is -1.94. The van der Waals surface area contributed by atoms with Crippen molar-refractivity contribution in [2.45, 2.75) is 0 Å². The number of hydrogen-bond acceptors (Lipinski definition) is 2. The van der Waals surface area contributed by atoms with Gasteiger partial charge in [-0.25, -0.2) is 4.98 Å². The van der Waals surface area contributed by atoms with E-state index in [1.165, 1.54) is 6.20 Å². The molecule has 1 aromatic heterocycles. The smallest absolute Gasteiger partial charge is 0.268 e. The highest BCUT2D eigenvalue weighted by Crippen LogP contribution is 2.10. The number of rotatable bonds is 1. The Hall–Kier alpha value is -1.09. The quantitative estimate of drug-likeness (QED) is 0.655. The zero-order valence-corrected chi connectivity index (χ0v) is 5.80. The fourth-order valence-electron chi connectivity index (χ4n) is 0.567. The second-order valence-electron chi connectivity index (χ2n) is 1.70. The molecule has 0 aliphatic rings. The fraction of sp³-hybridized carbons (Fsp3) is 0. The number of pyridine rings is 1. The van der Waals surface area contributed by atoms with Crippen LogP contribution in [0, 0.1) is 0 Å².